The highest BCUT2D eigenvalue weighted by Gasteiger charge is 2.26. The number of aromatic nitrogens is 1. The van der Waals surface area contributed by atoms with Crippen molar-refractivity contribution in [1.29, 1.82) is 0 Å². The van der Waals surface area contributed by atoms with Crippen molar-refractivity contribution in [3.05, 3.63) is 23.9 Å². The molecule has 1 aliphatic rings. The van der Waals surface area contributed by atoms with Gasteiger partial charge in [0.2, 0.25) is 5.88 Å². The van der Waals surface area contributed by atoms with Gasteiger partial charge in [0.1, 0.15) is 0 Å². The Balaban J connectivity index is 2.22. The smallest absolute Gasteiger partial charge is 0.217 e. The molecule has 1 saturated heterocycles. The molecular weight excluding hydrogens is 224 g/mol. The second-order valence-electron chi connectivity index (χ2n) is 5.50. The van der Waals surface area contributed by atoms with Crippen LogP contribution in [0.1, 0.15) is 44.7 Å². The fourth-order valence-corrected chi connectivity index (χ4v) is 2.86. The second-order valence-corrected chi connectivity index (χ2v) is 5.50. The number of piperidine rings is 1. The molecule has 1 atom stereocenters. The summed E-state index contributed by atoms with van der Waals surface area (Å²) in [6, 6.07) is 4.65. The van der Waals surface area contributed by atoms with Crippen molar-refractivity contribution >= 4 is 0 Å². The molecule has 0 spiro atoms. The third-order valence-electron chi connectivity index (χ3n) is 3.57. The van der Waals surface area contributed by atoms with E-state index in [1.54, 1.807) is 13.3 Å². The predicted molar refractivity (Wildman–Crippen MR) is 73.8 cm³/mol. The van der Waals surface area contributed by atoms with Crippen LogP contribution in [-0.2, 0) is 0 Å². The molecule has 0 N–H and O–H groups in total. The first kappa shape index (κ1) is 13.3. The van der Waals surface area contributed by atoms with Gasteiger partial charge in [-0.2, -0.15) is 0 Å². The summed E-state index contributed by atoms with van der Waals surface area (Å²) in [4.78, 5) is 6.93. The van der Waals surface area contributed by atoms with E-state index in [9.17, 15) is 0 Å². The summed E-state index contributed by atoms with van der Waals surface area (Å²) in [5.41, 5.74) is 1.25. The SMILES string of the molecule is COc1ncccc1[C@H]1CCCCN1CC(C)C. The van der Waals surface area contributed by atoms with Crippen LogP contribution in [0.2, 0.25) is 0 Å². The minimum Gasteiger partial charge on any atom is -0.481 e. The molecule has 2 heterocycles. The summed E-state index contributed by atoms with van der Waals surface area (Å²) in [7, 11) is 1.71. The van der Waals surface area contributed by atoms with Crippen LogP contribution in [0.15, 0.2) is 18.3 Å². The lowest BCUT2D eigenvalue weighted by Crippen LogP contribution is -2.36. The van der Waals surface area contributed by atoms with Crippen LogP contribution in [0.5, 0.6) is 5.88 Å². The third-order valence-corrected chi connectivity index (χ3v) is 3.57. The number of hydrogen-bond acceptors (Lipinski definition) is 3. The van der Waals surface area contributed by atoms with Gasteiger partial charge in [0.05, 0.1) is 7.11 Å². The average molecular weight is 248 g/mol. The van der Waals surface area contributed by atoms with Gasteiger partial charge < -0.3 is 4.74 Å². The van der Waals surface area contributed by atoms with Crippen molar-refractivity contribution < 1.29 is 4.74 Å². The first-order chi connectivity index (χ1) is 8.72. The van der Waals surface area contributed by atoms with E-state index in [-0.39, 0.29) is 0 Å². The molecular formula is C15H24N2O. The molecule has 18 heavy (non-hydrogen) atoms. The standard InChI is InChI=1S/C15H24N2O/c1-12(2)11-17-10-5-4-8-14(17)13-7-6-9-16-15(13)18-3/h6-7,9,12,14H,4-5,8,10-11H2,1-3H3/t14-/m1/s1. The first-order valence-electron chi connectivity index (χ1n) is 6.95. The van der Waals surface area contributed by atoms with Crippen molar-refractivity contribution in [3.8, 4) is 5.88 Å². The molecule has 100 valence electrons. The highest BCUT2D eigenvalue weighted by Crippen LogP contribution is 2.35. The van der Waals surface area contributed by atoms with E-state index in [4.69, 9.17) is 4.74 Å². The van der Waals surface area contributed by atoms with E-state index < -0.39 is 0 Å². The van der Waals surface area contributed by atoms with Crippen molar-refractivity contribution in [2.45, 2.75) is 39.2 Å². The van der Waals surface area contributed by atoms with Crippen LogP contribution in [0.3, 0.4) is 0 Å². The molecule has 0 aliphatic carbocycles. The van der Waals surface area contributed by atoms with Crippen molar-refractivity contribution in [2.24, 2.45) is 5.92 Å². The first-order valence-corrected chi connectivity index (χ1v) is 6.95. The monoisotopic (exact) mass is 248 g/mol. The van der Waals surface area contributed by atoms with Gasteiger partial charge in [-0.3, -0.25) is 4.90 Å². The quantitative estimate of drug-likeness (QED) is 0.817. The maximum atomic E-state index is 5.41. The Labute approximate surface area is 110 Å². The lowest BCUT2D eigenvalue weighted by Gasteiger charge is -2.37. The molecule has 3 nitrogen and oxygen atoms in total. The second kappa shape index (κ2) is 6.19. The van der Waals surface area contributed by atoms with Gasteiger partial charge >= 0.3 is 0 Å². The van der Waals surface area contributed by atoms with Gasteiger partial charge in [0.15, 0.2) is 0 Å². The summed E-state index contributed by atoms with van der Waals surface area (Å²) in [6.07, 6.45) is 5.63. The van der Waals surface area contributed by atoms with Crippen LogP contribution in [-0.4, -0.2) is 30.1 Å². The topological polar surface area (TPSA) is 25.4 Å². The zero-order valence-electron chi connectivity index (χ0n) is 11.7. The summed E-state index contributed by atoms with van der Waals surface area (Å²) in [6.45, 7) is 6.92. The number of hydrogen-bond donors (Lipinski definition) is 0. The Morgan fingerprint density at radius 2 is 2.28 bits per heavy atom. The molecule has 3 heteroatoms. The maximum absolute atomic E-state index is 5.41. The van der Waals surface area contributed by atoms with E-state index >= 15 is 0 Å². The number of rotatable bonds is 4. The lowest BCUT2D eigenvalue weighted by molar-refractivity contribution is 0.129. The minimum absolute atomic E-state index is 0.477. The zero-order valence-corrected chi connectivity index (χ0v) is 11.7. The van der Waals surface area contributed by atoms with Crippen molar-refractivity contribution in [1.82, 2.24) is 9.88 Å². The number of ether oxygens (including phenoxy) is 1. The molecule has 2 rings (SSSR count). The van der Waals surface area contributed by atoms with Gasteiger partial charge in [-0.05, 0) is 31.4 Å². The van der Waals surface area contributed by atoms with Crippen molar-refractivity contribution in [2.75, 3.05) is 20.2 Å². The van der Waals surface area contributed by atoms with E-state index in [0.29, 0.717) is 12.0 Å². The van der Waals surface area contributed by atoms with E-state index in [2.05, 4.69) is 29.8 Å². The van der Waals surface area contributed by atoms with Gasteiger partial charge in [-0.15, -0.1) is 0 Å². The van der Waals surface area contributed by atoms with Gasteiger partial charge in [0.25, 0.3) is 0 Å². The molecule has 1 aliphatic heterocycles. The molecule has 1 aromatic heterocycles. The van der Waals surface area contributed by atoms with Crippen molar-refractivity contribution in [3.63, 3.8) is 0 Å². The number of methoxy groups -OCH3 is 1. The Kier molecular flexibility index (Phi) is 4.59. The van der Waals surface area contributed by atoms with Gasteiger partial charge in [-0.1, -0.05) is 26.3 Å². The van der Waals surface area contributed by atoms with E-state index in [1.165, 1.54) is 31.4 Å². The molecule has 1 fully saturated rings. The molecule has 0 radical (unpaired) electrons. The molecule has 0 unspecified atom stereocenters. The summed E-state index contributed by atoms with van der Waals surface area (Å²) in [5, 5.41) is 0. The van der Waals surface area contributed by atoms with Crippen LogP contribution in [0, 0.1) is 5.92 Å². The summed E-state index contributed by atoms with van der Waals surface area (Å²) < 4.78 is 5.41. The van der Waals surface area contributed by atoms with Gasteiger partial charge in [-0.25, -0.2) is 4.98 Å². The molecule has 0 amide bonds. The predicted octanol–water partition coefficient (Wildman–Crippen LogP) is 3.27. The van der Waals surface area contributed by atoms with Crippen LogP contribution in [0.4, 0.5) is 0 Å². The summed E-state index contributed by atoms with van der Waals surface area (Å²) >= 11 is 0. The highest BCUT2D eigenvalue weighted by atomic mass is 16.5. The minimum atomic E-state index is 0.477. The third kappa shape index (κ3) is 3.02. The molecule has 0 bridgehead atoms. The Morgan fingerprint density at radius 1 is 1.44 bits per heavy atom. The molecule has 1 aromatic rings. The lowest BCUT2D eigenvalue weighted by atomic mass is 9.95. The molecule has 0 saturated carbocycles. The van der Waals surface area contributed by atoms with E-state index in [0.717, 1.165) is 12.4 Å². The fourth-order valence-electron chi connectivity index (χ4n) is 2.86. The maximum Gasteiger partial charge on any atom is 0.217 e. The largest absolute Gasteiger partial charge is 0.481 e. The highest BCUT2D eigenvalue weighted by molar-refractivity contribution is 5.29. The Hall–Kier alpha value is -1.09. The Morgan fingerprint density at radius 3 is 3.00 bits per heavy atom. The number of likely N-dealkylation sites (tertiary alicyclic amines) is 1. The van der Waals surface area contributed by atoms with E-state index in [1.807, 2.05) is 6.07 Å². The Bertz CT molecular complexity index is 379. The van der Waals surface area contributed by atoms with Gasteiger partial charge in [0, 0.05) is 24.3 Å². The molecule has 0 aromatic carbocycles. The summed E-state index contributed by atoms with van der Waals surface area (Å²) in [5.74, 6) is 1.49. The normalized spacial score (nSPS) is 21.2. The van der Waals surface area contributed by atoms with Crippen LogP contribution < -0.4 is 4.74 Å². The average Bonchev–Trinajstić information content (AvgIpc) is 2.39. The number of pyridine rings is 1. The number of nitrogens with zero attached hydrogens (tertiary/aromatic N) is 2. The zero-order chi connectivity index (χ0) is 13.0. The van der Waals surface area contributed by atoms with Crippen LogP contribution >= 0.6 is 0 Å². The fraction of sp³-hybridized carbons (Fsp3) is 0.667. The van der Waals surface area contributed by atoms with Crippen LogP contribution in [0.25, 0.3) is 0 Å².